The number of aromatic nitrogens is 2. The van der Waals surface area contributed by atoms with Gasteiger partial charge in [-0.1, -0.05) is 17.7 Å². The minimum Gasteiger partial charge on any atom is -0.354 e. The van der Waals surface area contributed by atoms with Crippen LogP contribution in [0.5, 0.6) is 0 Å². The van der Waals surface area contributed by atoms with Gasteiger partial charge in [-0.3, -0.25) is 9.78 Å². The van der Waals surface area contributed by atoms with Crippen molar-refractivity contribution >= 4 is 58.9 Å². The fourth-order valence-electron chi connectivity index (χ4n) is 2.70. The summed E-state index contributed by atoms with van der Waals surface area (Å²) in [5.74, 6) is -1.37. The number of rotatable bonds is 7. The number of nitrogens with one attached hydrogen (secondary N) is 1. The molecular weight excluding hydrogens is 472 g/mol. The first-order chi connectivity index (χ1) is 13.9. The molecule has 1 atom stereocenters. The first-order valence-electron chi connectivity index (χ1n) is 8.42. The molecule has 0 saturated heterocycles. The Balaban J connectivity index is 1.94. The molecule has 2 aromatic heterocycles. The number of carbonyl (C=O) groups is 1. The van der Waals surface area contributed by atoms with E-state index >= 15 is 0 Å². The van der Waals surface area contributed by atoms with Crippen molar-refractivity contribution in [1.82, 2.24) is 15.3 Å². The van der Waals surface area contributed by atoms with Crippen LogP contribution in [-0.2, 0) is 24.7 Å². The van der Waals surface area contributed by atoms with Gasteiger partial charge in [0.25, 0.3) is 0 Å². The SMILES string of the molecule is CS(=O)(=O)C(C(=O)NCCS(N)(=O)=O)c1nc2ccc(-c3cncc(Cl)c3)cc2s1. The number of benzene rings is 1. The Hall–Kier alpha value is -2.12. The lowest BCUT2D eigenvalue weighted by Crippen LogP contribution is -2.37. The van der Waals surface area contributed by atoms with Crippen molar-refractivity contribution in [3.8, 4) is 11.1 Å². The van der Waals surface area contributed by atoms with Crippen LogP contribution in [0.4, 0.5) is 0 Å². The molecular formula is C17H17ClN4O5S3. The van der Waals surface area contributed by atoms with Gasteiger partial charge in [0, 0.05) is 30.8 Å². The number of nitrogens with zero attached hydrogens (tertiary/aromatic N) is 2. The average Bonchev–Trinajstić information content (AvgIpc) is 3.01. The normalized spacial score (nSPS) is 13.3. The topological polar surface area (TPSA) is 149 Å². The van der Waals surface area contributed by atoms with Gasteiger partial charge >= 0.3 is 0 Å². The summed E-state index contributed by atoms with van der Waals surface area (Å²) < 4.78 is 47.3. The summed E-state index contributed by atoms with van der Waals surface area (Å²) in [6.07, 6.45) is 4.08. The van der Waals surface area contributed by atoms with E-state index in [0.717, 1.165) is 28.7 Å². The van der Waals surface area contributed by atoms with Gasteiger partial charge in [0.1, 0.15) is 5.01 Å². The van der Waals surface area contributed by atoms with E-state index in [2.05, 4.69) is 15.3 Å². The van der Waals surface area contributed by atoms with Crippen molar-refractivity contribution in [3.63, 3.8) is 0 Å². The van der Waals surface area contributed by atoms with E-state index in [1.807, 2.05) is 6.07 Å². The molecule has 160 valence electrons. The summed E-state index contributed by atoms with van der Waals surface area (Å²) in [7, 11) is -7.66. The van der Waals surface area contributed by atoms with Crippen molar-refractivity contribution in [3.05, 3.63) is 46.7 Å². The molecule has 3 N–H and O–H groups in total. The molecule has 0 spiro atoms. The van der Waals surface area contributed by atoms with Crippen LogP contribution in [0.25, 0.3) is 21.3 Å². The highest BCUT2D eigenvalue weighted by atomic mass is 35.5. The quantitative estimate of drug-likeness (QED) is 0.511. The maximum atomic E-state index is 12.5. The summed E-state index contributed by atoms with van der Waals surface area (Å²) in [5, 5.41) is 6.19. The predicted molar refractivity (Wildman–Crippen MR) is 116 cm³/mol. The molecule has 13 heteroatoms. The molecule has 0 aliphatic carbocycles. The zero-order valence-corrected chi connectivity index (χ0v) is 18.8. The molecule has 1 amide bonds. The molecule has 30 heavy (non-hydrogen) atoms. The first kappa shape index (κ1) is 22.6. The molecule has 0 aliphatic rings. The molecule has 9 nitrogen and oxygen atoms in total. The predicted octanol–water partition coefficient (Wildman–Crippen LogP) is 1.50. The molecule has 0 aliphatic heterocycles. The Morgan fingerprint density at radius 3 is 2.57 bits per heavy atom. The van der Waals surface area contributed by atoms with E-state index in [1.165, 1.54) is 6.20 Å². The second kappa shape index (κ2) is 8.55. The molecule has 3 aromatic rings. The number of sulfone groups is 1. The van der Waals surface area contributed by atoms with Crippen molar-refractivity contribution < 1.29 is 21.6 Å². The largest absolute Gasteiger partial charge is 0.354 e. The number of fused-ring (bicyclic) bond motifs is 1. The monoisotopic (exact) mass is 488 g/mol. The Morgan fingerprint density at radius 1 is 1.20 bits per heavy atom. The molecule has 0 saturated carbocycles. The number of hydrogen-bond donors (Lipinski definition) is 2. The number of carbonyl (C=O) groups excluding carboxylic acids is 1. The summed E-state index contributed by atoms with van der Waals surface area (Å²) in [4.78, 5) is 20.8. The number of sulfonamides is 1. The first-order valence-corrected chi connectivity index (χ1v) is 13.3. The van der Waals surface area contributed by atoms with Gasteiger partial charge in [-0.25, -0.2) is 27.0 Å². The molecule has 1 unspecified atom stereocenters. The lowest BCUT2D eigenvalue weighted by molar-refractivity contribution is -0.120. The number of amides is 1. The second-order valence-electron chi connectivity index (χ2n) is 6.49. The van der Waals surface area contributed by atoms with Crippen LogP contribution < -0.4 is 10.5 Å². The van der Waals surface area contributed by atoms with E-state index in [9.17, 15) is 21.6 Å². The van der Waals surface area contributed by atoms with Crippen molar-refractivity contribution in [2.75, 3.05) is 18.6 Å². The summed E-state index contributed by atoms with van der Waals surface area (Å²) in [6, 6.07) is 7.06. The lowest BCUT2D eigenvalue weighted by atomic mass is 10.1. The zero-order chi connectivity index (χ0) is 22.1. The summed E-state index contributed by atoms with van der Waals surface area (Å²) >= 11 is 7.05. The number of halogens is 1. The smallest absolute Gasteiger partial charge is 0.245 e. The standard InChI is InChI=1S/C17H17ClN4O5S3/c1-29(24,25)15(16(23)21-4-5-30(19,26)27)17-22-13-3-2-10(7-14(13)28-17)11-6-12(18)9-20-8-11/h2-3,6-9,15H,4-5H2,1H3,(H,21,23)(H2,19,26,27). The van der Waals surface area contributed by atoms with E-state index in [-0.39, 0.29) is 11.6 Å². The fourth-order valence-corrected chi connectivity index (χ4v) is 5.81. The van der Waals surface area contributed by atoms with Gasteiger partial charge in [0.15, 0.2) is 15.1 Å². The molecule has 0 fully saturated rings. The van der Waals surface area contributed by atoms with E-state index in [1.54, 1.807) is 24.4 Å². The highest BCUT2D eigenvalue weighted by molar-refractivity contribution is 7.91. The highest BCUT2D eigenvalue weighted by Crippen LogP contribution is 2.33. The Morgan fingerprint density at radius 2 is 1.93 bits per heavy atom. The average molecular weight is 489 g/mol. The molecule has 1 aromatic carbocycles. The van der Waals surface area contributed by atoms with Gasteiger partial charge in [-0.05, 0) is 23.8 Å². The van der Waals surface area contributed by atoms with Crippen molar-refractivity contribution in [2.24, 2.45) is 5.14 Å². The van der Waals surface area contributed by atoms with Crippen LogP contribution in [0.3, 0.4) is 0 Å². The molecule has 3 rings (SSSR count). The number of pyridine rings is 1. The zero-order valence-electron chi connectivity index (χ0n) is 15.6. The van der Waals surface area contributed by atoms with E-state index in [4.69, 9.17) is 16.7 Å². The number of primary sulfonamides is 1. The third-order valence-corrected chi connectivity index (χ3v) is 7.53. The van der Waals surface area contributed by atoms with Crippen LogP contribution >= 0.6 is 22.9 Å². The van der Waals surface area contributed by atoms with Gasteiger partial charge < -0.3 is 5.32 Å². The van der Waals surface area contributed by atoms with Crippen LogP contribution in [0.1, 0.15) is 10.3 Å². The molecule has 0 bridgehead atoms. The maximum Gasteiger partial charge on any atom is 0.245 e. The minimum absolute atomic E-state index is 0.0852. The Kier molecular flexibility index (Phi) is 6.43. The van der Waals surface area contributed by atoms with E-state index in [0.29, 0.717) is 15.2 Å². The Labute approximate surface area is 182 Å². The van der Waals surface area contributed by atoms with Crippen molar-refractivity contribution in [2.45, 2.75) is 5.25 Å². The van der Waals surface area contributed by atoms with Gasteiger partial charge in [-0.15, -0.1) is 11.3 Å². The van der Waals surface area contributed by atoms with Gasteiger partial charge in [0.2, 0.25) is 15.9 Å². The third kappa shape index (κ3) is 5.52. The third-order valence-electron chi connectivity index (χ3n) is 4.02. The maximum absolute atomic E-state index is 12.5. The lowest BCUT2D eigenvalue weighted by Gasteiger charge is -2.12. The van der Waals surface area contributed by atoms with Gasteiger partial charge in [-0.2, -0.15) is 0 Å². The minimum atomic E-state index is -3.87. The summed E-state index contributed by atoms with van der Waals surface area (Å²) in [6.45, 7) is -0.305. The van der Waals surface area contributed by atoms with Crippen LogP contribution in [0.15, 0.2) is 36.7 Å². The van der Waals surface area contributed by atoms with Crippen LogP contribution in [0, 0.1) is 0 Å². The number of nitrogens with two attached hydrogens (primary N) is 1. The molecule has 0 radical (unpaired) electrons. The highest BCUT2D eigenvalue weighted by Gasteiger charge is 2.33. The van der Waals surface area contributed by atoms with Crippen LogP contribution in [-0.4, -0.2) is 51.3 Å². The van der Waals surface area contributed by atoms with E-state index < -0.39 is 36.8 Å². The summed E-state index contributed by atoms with van der Waals surface area (Å²) in [5.41, 5.74) is 2.11. The van der Waals surface area contributed by atoms with Crippen molar-refractivity contribution in [1.29, 1.82) is 0 Å². The second-order valence-corrected chi connectivity index (χ2v) is 11.9. The number of hydrogen-bond acceptors (Lipinski definition) is 8. The van der Waals surface area contributed by atoms with Crippen LogP contribution in [0.2, 0.25) is 5.02 Å². The fraction of sp³-hybridized carbons (Fsp3) is 0.235. The van der Waals surface area contributed by atoms with Gasteiger partial charge in [0.05, 0.1) is 21.0 Å². The Bertz CT molecular complexity index is 1320. The number of thiazole rings is 1. The molecule has 2 heterocycles.